The second kappa shape index (κ2) is 8.85. The van der Waals surface area contributed by atoms with Gasteiger partial charge in [-0.2, -0.15) is 14.0 Å². The lowest BCUT2D eigenvalue weighted by atomic mass is 10.0. The molecule has 5 nitrogen and oxygen atoms in total. The highest BCUT2D eigenvalue weighted by molar-refractivity contribution is 6.11. The van der Waals surface area contributed by atoms with Crippen LogP contribution in [0.3, 0.4) is 0 Å². The zero-order chi connectivity index (χ0) is 20.8. The second-order valence-corrected chi connectivity index (χ2v) is 5.90. The first-order chi connectivity index (χ1) is 14.0. The predicted molar refractivity (Wildman–Crippen MR) is 106 cm³/mol. The predicted octanol–water partition coefficient (Wildman–Crippen LogP) is 5.00. The number of rotatable bonds is 6. The number of amides is 1. The number of para-hydroxylation sites is 2. The van der Waals surface area contributed by atoms with E-state index in [-0.39, 0.29) is 16.9 Å². The third-order valence-corrected chi connectivity index (χ3v) is 4.16. The maximum absolute atomic E-state index is 12.8. The van der Waals surface area contributed by atoms with Gasteiger partial charge >= 0.3 is 6.61 Å². The third kappa shape index (κ3) is 4.50. The Morgan fingerprint density at radius 2 is 1.79 bits per heavy atom. The summed E-state index contributed by atoms with van der Waals surface area (Å²) in [6.45, 7) is -3.05. The van der Waals surface area contributed by atoms with E-state index in [0.717, 1.165) is 5.39 Å². The molecule has 0 aliphatic carbocycles. The highest BCUT2D eigenvalue weighted by Gasteiger charge is 2.16. The quantitative estimate of drug-likeness (QED) is 0.472. The van der Waals surface area contributed by atoms with Crippen LogP contribution in [0.5, 0.6) is 11.5 Å². The van der Waals surface area contributed by atoms with Crippen LogP contribution in [0.15, 0.2) is 66.2 Å². The van der Waals surface area contributed by atoms with Crippen molar-refractivity contribution in [2.45, 2.75) is 6.61 Å². The van der Waals surface area contributed by atoms with Crippen LogP contribution in [0.1, 0.15) is 5.56 Å². The Hall–Kier alpha value is -3.92. The van der Waals surface area contributed by atoms with Crippen molar-refractivity contribution in [1.29, 1.82) is 5.26 Å². The molecule has 0 atom stereocenters. The highest BCUT2D eigenvalue weighted by Crippen LogP contribution is 2.32. The number of methoxy groups -OCH3 is 1. The van der Waals surface area contributed by atoms with E-state index in [1.807, 2.05) is 6.07 Å². The summed E-state index contributed by atoms with van der Waals surface area (Å²) in [5.74, 6) is -0.408. The Kier molecular flexibility index (Phi) is 6.05. The summed E-state index contributed by atoms with van der Waals surface area (Å²) >= 11 is 0. The molecule has 0 unspecified atom stereocenters. The van der Waals surface area contributed by atoms with Crippen LogP contribution in [0.4, 0.5) is 14.5 Å². The SMILES string of the molecule is COc1ccccc1NC(=O)/C(C#N)=C/c1c(OC(F)F)ccc2ccccc12. The molecule has 3 rings (SSSR count). The summed E-state index contributed by atoms with van der Waals surface area (Å²) in [5, 5.41) is 13.4. The number of nitriles is 1. The van der Waals surface area contributed by atoms with Gasteiger partial charge in [0.1, 0.15) is 23.1 Å². The van der Waals surface area contributed by atoms with Crippen molar-refractivity contribution in [3.63, 3.8) is 0 Å². The summed E-state index contributed by atoms with van der Waals surface area (Å²) in [6.07, 6.45) is 1.24. The van der Waals surface area contributed by atoms with Gasteiger partial charge in [0.2, 0.25) is 0 Å². The molecule has 3 aromatic carbocycles. The van der Waals surface area contributed by atoms with E-state index in [1.165, 1.54) is 19.3 Å². The number of alkyl halides is 2. The van der Waals surface area contributed by atoms with Gasteiger partial charge in [0, 0.05) is 5.56 Å². The van der Waals surface area contributed by atoms with Crippen molar-refractivity contribution in [3.05, 3.63) is 71.8 Å². The lowest BCUT2D eigenvalue weighted by Gasteiger charge is -2.12. The topological polar surface area (TPSA) is 71.3 Å². The molecule has 1 N–H and O–H groups in total. The van der Waals surface area contributed by atoms with E-state index < -0.39 is 12.5 Å². The Morgan fingerprint density at radius 3 is 2.52 bits per heavy atom. The monoisotopic (exact) mass is 394 g/mol. The lowest BCUT2D eigenvalue weighted by molar-refractivity contribution is -0.112. The first kappa shape index (κ1) is 19.8. The van der Waals surface area contributed by atoms with Crippen molar-refractivity contribution in [2.75, 3.05) is 12.4 Å². The van der Waals surface area contributed by atoms with Crippen LogP contribution in [-0.4, -0.2) is 19.6 Å². The number of hydrogen-bond donors (Lipinski definition) is 1. The zero-order valence-corrected chi connectivity index (χ0v) is 15.4. The van der Waals surface area contributed by atoms with Crippen LogP contribution >= 0.6 is 0 Å². The fourth-order valence-electron chi connectivity index (χ4n) is 2.85. The molecule has 0 radical (unpaired) electrons. The number of hydrogen-bond acceptors (Lipinski definition) is 4. The summed E-state index contributed by atoms with van der Waals surface area (Å²) in [6, 6.07) is 18.6. The lowest BCUT2D eigenvalue weighted by Crippen LogP contribution is -2.14. The van der Waals surface area contributed by atoms with Crippen molar-refractivity contribution >= 4 is 28.4 Å². The van der Waals surface area contributed by atoms with E-state index in [2.05, 4.69) is 10.1 Å². The molecule has 0 spiro atoms. The van der Waals surface area contributed by atoms with Gasteiger partial charge in [0.05, 0.1) is 12.8 Å². The number of carbonyl (C=O) groups excluding carboxylic acids is 1. The number of nitrogens with one attached hydrogen (secondary N) is 1. The Bertz CT molecular complexity index is 1120. The van der Waals surface area contributed by atoms with Crippen LogP contribution in [0, 0.1) is 11.3 Å². The molecule has 0 aliphatic rings. The fourth-order valence-corrected chi connectivity index (χ4v) is 2.85. The van der Waals surface area contributed by atoms with Crippen molar-refractivity contribution in [2.24, 2.45) is 0 Å². The van der Waals surface area contributed by atoms with E-state index in [0.29, 0.717) is 16.8 Å². The van der Waals surface area contributed by atoms with Gasteiger partial charge in [-0.3, -0.25) is 4.79 Å². The smallest absolute Gasteiger partial charge is 0.387 e. The molecular weight excluding hydrogens is 378 g/mol. The van der Waals surface area contributed by atoms with Gasteiger partial charge in [0.25, 0.3) is 5.91 Å². The third-order valence-electron chi connectivity index (χ3n) is 4.16. The number of halogens is 2. The Morgan fingerprint density at radius 1 is 1.07 bits per heavy atom. The number of nitrogens with zero attached hydrogens (tertiary/aromatic N) is 1. The van der Waals surface area contributed by atoms with E-state index >= 15 is 0 Å². The molecular formula is C22H16F2N2O3. The Labute approximate surface area is 165 Å². The Balaban J connectivity index is 2.05. The van der Waals surface area contributed by atoms with Gasteiger partial charge in [0.15, 0.2) is 0 Å². The molecule has 29 heavy (non-hydrogen) atoms. The normalized spacial score (nSPS) is 11.2. The van der Waals surface area contributed by atoms with Crippen LogP contribution in [0.2, 0.25) is 0 Å². The summed E-state index contributed by atoms with van der Waals surface area (Å²) in [7, 11) is 1.45. The number of benzene rings is 3. The van der Waals surface area contributed by atoms with Gasteiger partial charge in [-0.05, 0) is 35.0 Å². The van der Waals surface area contributed by atoms with Gasteiger partial charge in [-0.15, -0.1) is 0 Å². The minimum absolute atomic E-state index is 0.128. The number of fused-ring (bicyclic) bond motifs is 1. The van der Waals surface area contributed by atoms with Crippen LogP contribution < -0.4 is 14.8 Å². The van der Waals surface area contributed by atoms with Crippen LogP contribution in [-0.2, 0) is 4.79 Å². The molecule has 146 valence electrons. The molecule has 0 saturated heterocycles. The molecule has 0 bridgehead atoms. The molecule has 0 fully saturated rings. The number of carbonyl (C=O) groups is 1. The standard InChI is InChI=1S/C22H16F2N2O3/c1-28-20-9-5-4-8-18(20)26-21(27)15(13-25)12-17-16-7-3-2-6-14(16)10-11-19(17)29-22(23)24/h2-12,22H,1H3,(H,26,27)/b15-12+. The van der Waals surface area contributed by atoms with Gasteiger partial charge in [-0.1, -0.05) is 42.5 Å². The minimum atomic E-state index is -3.05. The summed E-state index contributed by atoms with van der Waals surface area (Å²) in [4.78, 5) is 12.6. The molecule has 0 aliphatic heterocycles. The second-order valence-electron chi connectivity index (χ2n) is 5.90. The molecule has 7 heteroatoms. The average molecular weight is 394 g/mol. The van der Waals surface area contributed by atoms with E-state index in [9.17, 15) is 18.8 Å². The van der Waals surface area contributed by atoms with Crippen molar-refractivity contribution < 1.29 is 23.0 Å². The van der Waals surface area contributed by atoms with E-state index in [1.54, 1.807) is 54.6 Å². The fraction of sp³-hybridized carbons (Fsp3) is 0.0909. The first-order valence-electron chi connectivity index (χ1n) is 8.56. The molecule has 0 saturated carbocycles. The van der Waals surface area contributed by atoms with Gasteiger partial charge < -0.3 is 14.8 Å². The number of anilines is 1. The highest BCUT2D eigenvalue weighted by atomic mass is 19.3. The van der Waals surface area contributed by atoms with Crippen molar-refractivity contribution in [1.82, 2.24) is 0 Å². The molecule has 0 heterocycles. The molecule has 0 aromatic heterocycles. The maximum Gasteiger partial charge on any atom is 0.387 e. The number of ether oxygens (including phenoxy) is 2. The molecule has 3 aromatic rings. The van der Waals surface area contributed by atoms with Crippen LogP contribution in [0.25, 0.3) is 16.8 Å². The summed E-state index contributed by atoms with van der Waals surface area (Å²) in [5.41, 5.74) is 0.324. The largest absolute Gasteiger partial charge is 0.495 e. The average Bonchev–Trinajstić information content (AvgIpc) is 2.72. The maximum atomic E-state index is 12.8. The summed E-state index contributed by atoms with van der Waals surface area (Å²) < 4.78 is 35.5. The van der Waals surface area contributed by atoms with Gasteiger partial charge in [-0.25, -0.2) is 0 Å². The van der Waals surface area contributed by atoms with Crippen molar-refractivity contribution in [3.8, 4) is 17.6 Å². The minimum Gasteiger partial charge on any atom is -0.495 e. The first-order valence-corrected chi connectivity index (χ1v) is 8.56. The zero-order valence-electron chi connectivity index (χ0n) is 15.4. The molecule has 1 amide bonds. The van der Waals surface area contributed by atoms with E-state index in [4.69, 9.17) is 4.74 Å².